The van der Waals surface area contributed by atoms with Gasteiger partial charge in [0.1, 0.15) is 13.2 Å². The third-order valence-electron chi connectivity index (χ3n) is 1.58. The van der Waals surface area contributed by atoms with Gasteiger partial charge in [-0.3, -0.25) is 0 Å². The maximum absolute atomic E-state index is 11.0. The smallest absolute Gasteiger partial charge is 0.332 e. The normalized spacial score (nSPS) is 10.1. The highest BCUT2D eigenvalue weighted by atomic mass is 35.5. The molecule has 0 bridgehead atoms. The van der Waals surface area contributed by atoms with E-state index in [0.717, 1.165) is 5.56 Å². The van der Waals surface area contributed by atoms with Gasteiger partial charge in [-0.15, -0.1) is 0 Å². The lowest BCUT2D eigenvalue weighted by atomic mass is 10.2. The van der Waals surface area contributed by atoms with Crippen molar-refractivity contribution < 1.29 is 14.3 Å². The molecular formula is C10H10Cl2O3. The van der Waals surface area contributed by atoms with E-state index in [1.807, 2.05) is 0 Å². The molecule has 0 N–H and O–H groups in total. The maximum Gasteiger partial charge on any atom is 0.332 e. The van der Waals surface area contributed by atoms with Crippen LogP contribution < -0.4 is 0 Å². The first kappa shape index (κ1) is 12.3. The van der Waals surface area contributed by atoms with Crippen molar-refractivity contribution in [1.82, 2.24) is 0 Å². The lowest BCUT2D eigenvalue weighted by Gasteiger charge is -2.05. The molecule has 0 amide bonds. The number of carbonyl (C=O) groups excluding carboxylic acids is 1. The minimum atomic E-state index is -0.423. The largest absolute Gasteiger partial charge is 0.459 e. The van der Waals surface area contributed by atoms with Crippen LogP contribution in [0.1, 0.15) is 5.56 Å². The molecule has 0 aromatic heterocycles. The van der Waals surface area contributed by atoms with E-state index in [4.69, 9.17) is 27.9 Å². The molecule has 0 unspecified atom stereocenters. The zero-order valence-electron chi connectivity index (χ0n) is 8.13. The Hall–Kier alpha value is -0.770. The molecule has 0 heterocycles. The van der Waals surface area contributed by atoms with E-state index in [-0.39, 0.29) is 13.2 Å². The summed E-state index contributed by atoms with van der Waals surface area (Å²) in [4.78, 5) is 11.0. The monoisotopic (exact) mass is 248 g/mol. The average Bonchev–Trinajstić information content (AvgIpc) is 2.14. The minimum Gasteiger partial charge on any atom is -0.459 e. The second kappa shape index (κ2) is 5.95. The first-order valence-electron chi connectivity index (χ1n) is 4.21. The highest BCUT2D eigenvalue weighted by Gasteiger charge is 2.03. The number of rotatable bonds is 4. The maximum atomic E-state index is 11.0. The lowest BCUT2D eigenvalue weighted by molar-refractivity contribution is -0.149. The molecule has 0 aliphatic rings. The van der Waals surface area contributed by atoms with Crippen molar-refractivity contribution in [2.45, 2.75) is 6.61 Å². The van der Waals surface area contributed by atoms with Crippen LogP contribution >= 0.6 is 23.2 Å². The number of methoxy groups -OCH3 is 1. The third-order valence-corrected chi connectivity index (χ3v) is 2.02. The van der Waals surface area contributed by atoms with Crippen LogP contribution in [0.2, 0.25) is 10.0 Å². The van der Waals surface area contributed by atoms with Gasteiger partial charge in [0.05, 0.1) is 0 Å². The quantitative estimate of drug-likeness (QED) is 0.769. The molecule has 1 aromatic carbocycles. The van der Waals surface area contributed by atoms with Crippen LogP contribution in [-0.4, -0.2) is 19.7 Å². The Balaban J connectivity index is 2.54. The molecule has 0 radical (unpaired) electrons. The van der Waals surface area contributed by atoms with Crippen molar-refractivity contribution in [3.05, 3.63) is 33.8 Å². The zero-order valence-corrected chi connectivity index (χ0v) is 9.64. The van der Waals surface area contributed by atoms with Gasteiger partial charge in [0.15, 0.2) is 0 Å². The molecule has 82 valence electrons. The number of hydrogen-bond donors (Lipinski definition) is 0. The summed E-state index contributed by atoms with van der Waals surface area (Å²) in [5.41, 5.74) is 0.747. The summed E-state index contributed by atoms with van der Waals surface area (Å²) in [6.07, 6.45) is 0. The molecule has 0 spiro atoms. The summed E-state index contributed by atoms with van der Waals surface area (Å²) < 4.78 is 9.51. The van der Waals surface area contributed by atoms with Crippen LogP contribution in [0.5, 0.6) is 0 Å². The molecule has 0 fully saturated rings. The molecule has 15 heavy (non-hydrogen) atoms. The van der Waals surface area contributed by atoms with Gasteiger partial charge in [0.25, 0.3) is 0 Å². The Morgan fingerprint density at radius 1 is 1.27 bits per heavy atom. The number of hydrogen-bond acceptors (Lipinski definition) is 3. The number of esters is 1. The summed E-state index contributed by atoms with van der Waals surface area (Å²) in [7, 11) is 1.43. The molecule has 1 aromatic rings. The third kappa shape index (κ3) is 4.51. The fourth-order valence-corrected chi connectivity index (χ4v) is 1.59. The summed E-state index contributed by atoms with van der Waals surface area (Å²) in [6, 6.07) is 4.99. The van der Waals surface area contributed by atoms with Crippen molar-refractivity contribution in [2.24, 2.45) is 0 Å². The number of carbonyl (C=O) groups is 1. The van der Waals surface area contributed by atoms with Gasteiger partial charge in [0, 0.05) is 17.2 Å². The van der Waals surface area contributed by atoms with Crippen LogP contribution in [0.25, 0.3) is 0 Å². The summed E-state index contributed by atoms with van der Waals surface area (Å²) in [5.74, 6) is -0.423. The molecule has 0 atom stereocenters. The number of benzene rings is 1. The lowest BCUT2D eigenvalue weighted by Crippen LogP contribution is -2.10. The zero-order chi connectivity index (χ0) is 11.3. The molecule has 3 nitrogen and oxygen atoms in total. The molecule has 0 saturated heterocycles. The summed E-state index contributed by atoms with van der Waals surface area (Å²) in [6.45, 7) is 0.0801. The van der Waals surface area contributed by atoms with Gasteiger partial charge >= 0.3 is 5.97 Å². The molecule has 5 heteroatoms. The van der Waals surface area contributed by atoms with Crippen molar-refractivity contribution in [3.63, 3.8) is 0 Å². The van der Waals surface area contributed by atoms with Gasteiger partial charge in [-0.25, -0.2) is 4.79 Å². The van der Waals surface area contributed by atoms with E-state index >= 15 is 0 Å². The van der Waals surface area contributed by atoms with E-state index < -0.39 is 5.97 Å². The molecule has 0 aliphatic carbocycles. The van der Waals surface area contributed by atoms with Gasteiger partial charge < -0.3 is 9.47 Å². The standard InChI is InChI=1S/C10H10Cl2O3/c1-14-6-10(13)15-5-7-2-8(11)4-9(12)3-7/h2-4H,5-6H2,1H3. The van der Waals surface area contributed by atoms with E-state index in [1.54, 1.807) is 18.2 Å². The summed E-state index contributed by atoms with van der Waals surface area (Å²) in [5, 5.41) is 1.03. The van der Waals surface area contributed by atoms with Crippen LogP contribution in [0.4, 0.5) is 0 Å². The van der Waals surface area contributed by atoms with Crippen molar-refractivity contribution >= 4 is 29.2 Å². The Labute approximate surface area is 97.9 Å². The second-order valence-corrected chi connectivity index (χ2v) is 3.74. The van der Waals surface area contributed by atoms with Gasteiger partial charge in [0.2, 0.25) is 0 Å². The van der Waals surface area contributed by atoms with Gasteiger partial charge in [-0.05, 0) is 23.8 Å². The van der Waals surface area contributed by atoms with Crippen LogP contribution in [0.3, 0.4) is 0 Å². The fourth-order valence-electron chi connectivity index (χ4n) is 1.02. The van der Waals surface area contributed by atoms with Gasteiger partial charge in [-0.1, -0.05) is 23.2 Å². The van der Waals surface area contributed by atoms with E-state index in [1.165, 1.54) is 7.11 Å². The first-order valence-corrected chi connectivity index (χ1v) is 4.97. The predicted octanol–water partition coefficient (Wildman–Crippen LogP) is 2.68. The Bertz CT molecular complexity index is 332. The van der Waals surface area contributed by atoms with Crippen molar-refractivity contribution in [3.8, 4) is 0 Å². The summed E-state index contributed by atoms with van der Waals surface area (Å²) >= 11 is 11.6. The molecule has 0 aliphatic heterocycles. The van der Waals surface area contributed by atoms with E-state index in [0.29, 0.717) is 10.0 Å². The SMILES string of the molecule is COCC(=O)OCc1cc(Cl)cc(Cl)c1. The van der Waals surface area contributed by atoms with E-state index in [2.05, 4.69) is 4.74 Å². The average molecular weight is 249 g/mol. The number of ether oxygens (including phenoxy) is 2. The van der Waals surface area contributed by atoms with Crippen molar-refractivity contribution in [2.75, 3.05) is 13.7 Å². The van der Waals surface area contributed by atoms with Crippen LogP contribution in [-0.2, 0) is 20.9 Å². The Morgan fingerprint density at radius 3 is 2.40 bits per heavy atom. The van der Waals surface area contributed by atoms with Crippen LogP contribution in [0, 0.1) is 0 Å². The molecule has 1 rings (SSSR count). The molecular weight excluding hydrogens is 239 g/mol. The van der Waals surface area contributed by atoms with Crippen molar-refractivity contribution in [1.29, 1.82) is 0 Å². The Kier molecular flexibility index (Phi) is 4.88. The van der Waals surface area contributed by atoms with Crippen LogP contribution in [0.15, 0.2) is 18.2 Å². The van der Waals surface area contributed by atoms with E-state index in [9.17, 15) is 4.79 Å². The predicted molar refractivity (Wildman–Crippen MR) is 58.1 cm³/mol. The number of halogens is 2. The molecule has 0 saturated carbocycles. The highest BCUT2D eigenvalue weighted by Crippen LogP contribution is 2.19. The highest BCUT2D eigenvalue weighted by molar-refractivity contribution is 6.34. The van der Waals surface area contributed by atoms with Gasteiger partial charge in [-0.2, -0.15) is 0 Å². The fraction of sp³-hybridized carbons (Fsp3) is 0.300. The topological polar surface area (TPSA) is 35.5 Å². The second-order valence-electron chi connectivity index (χ2n) is 2.87. The Morgan fingerprint density at radius 2 is 1.87 bits per heavy atom. The minimum absolute atomic E-state index is 0.0612. The first-order chi connectivity index (χ1) is 7.11.